The minimum atomic E-state index is -3.82. The van der Waals surface area contributed by atoms with E-state index in [9.17, 15) is 18.0 Å². The van der Waals surface area contributed by atoms with Gasteiger partial charge in [-0.25, -0.2) is 8.42 Å². The number of benzene rings is 2. The van der Waals surface area contributed by atoms with Gasteiger partial charge in [0.2, 0.25) is 10.0 Å². The standard InChI is InChI=1S/C20H22ClN3O5S/c1-14-2-4-15(5-3-14)12-22-19(25)20(26)23-13-18-24(10-11-29-18)30(27,28)17-8-6-16(21)7-9-17/h2-9,18H,10-13H2,1H3,(H,22,25)(H,23,26). The average Bonchev–Trinajstić information content (AvgIpc) is 3.21. The van der Waals surface area contributed by atoms with Crippen LogP contribution in [0.5, 0.6) is 0 Å². The molecule has 1 unspecified atom stereocenters. The van der Waals surface area contributed by atoms with Crippen molar-refractivity contribution in [3.05, 3.63) is 64.7 Å². The summed E-state index contributed by atoms with van der Waals surface area (Å²) in [6.07, 6.45) is -0.903. The molecule has 1 heterocycles. The van der Waals surface area contributed by atoms with Gasteiger partial charge < -0.3 is 15.4 Å². The maximum atomic E-state index is 12.8. The van der Waals surface area contributed by atoms with Gasteiger partial charge in [0.15, 0.2) is 0 Å². The Bertz CT molecular complexity index is 1010. The number of hydrogen-bond acceptors (Lipinski definition) is 5. The van der Waals surface area contributed by atoms with E-state index in [0.29, 0.717) is 5.02 Å². The average molecular weight is 452 g/mol. The zero-order valence-electron chi connectivity index (χ0n) is 16.3. The van der Waals surface area contributed by atoms with Crippen molar-refractivity contribution >= 4 is 33.4 Å². The van der Waals surface area contributed by atoms with Crippen LogP contribution in [0.3, 0.4) is 0 Å². The first-order chi connectivity index (χ1) is 14.3. The van der Waals surface area contributed by atoms with Crippen molar-refractivity contribution < 1.29 is 22.7 Å². The molecular weight excluding hydrogens is 430 g/mol. The summed E-state index contributed by atoms with van der Waals surface area (Å²) in [5.41, 5.74) is 1.96. The number of nitrogens with zero attached hydrogens (tertiary/aromatic N) is 1. The minimum absolute atomic E-state index is 0.0737. The number of halogens is 1. The molecule has 1 fully saturated rings. The van der Waals surface area contributed by atoms with Crippen molar-refractivity contribution in [1.29, 1.82) is 0 Å². The van der Waals surface area contributed by atoms with Crippen molar-refractivity contribution in [2.24, 2.45) is 0 Å². The number of amides is 2. The molecular formula is C20H22ClN3O5S. The van der Waals surface area contributed by atoms with Gasteiger partial charge in [-0.05, 0) is 36.8 Å². The molecule has 2 aromatic rings. The molecule has 10 heteroatoms. The van der Waals surface area contributed by atoms with Gasteiger partial charge in [0.25, 0.3) is 0 Å². The highest BCUT2D eigenvalue weighted by Gasteiger charge is 2.36. The van der Waals surface area contributed by atoms with E-state index in [0.717, 1.165) is 15.4 Å². The Morgan fingerprint density at radius 2 is 1.70 bits per heavy atom. The predicted molar refractivity (Wildman–Crippen MR) is 111 cm³/mol. The third-order valence-corrected chi connectivity index (χ3v) is 6.74. The van der Waals surface area contributed by atoms with Crippen LogP contribution in [0.1, 0.15) is 11.1 Å². The molecule has 8 nitrogen and oxygen atoms in total. The summed E-state index contributed by atoms with van der Waals surface area (Å²) in [5, 5.41) is 5.38. The van der Waals surface area contributed by atoms with Crippen LogP contribution < -0.4 is 10.6 Å². The van der Waals surface area contributed by atoms with E-state index in [1.165, 1.54) is 24.3 Å². The number of rotatable bonds is 6. The first kappa shape index (κ1) is 22.2. The Balaban J connectivity index is 1.54. The van der Waals surface area contributed by atoms with Crippen LogP contribution in [-0.2, 0) is 30.9 Å². The van der Waals surface area contributed by atoms with Crippen molar-refractivity contribution in [2.45, 2.75) is 24.6 Å². The highest BCUT2D eigenvalue weighted by molar-refractivity contribution is 7.89. The fourth-order valence-corrected chi connectivity index (χ4v) is 4.55. The van der Waals surface area contributed by atoms with Crippen LogP contribution in [0.15, 0.2) is 53.4 Å². The number of ether oxygens (including phenoxy) is 1. The fourth-order valence-electron chi connectivity index (χ4n) is 2.91. The second-order valence-electron chi connectivity index (χ2n) is 6.77. The first-order valence-electron chi connectivity index (χ1n) is 9.28. The second-order valence-corrected chi connectivity index (χ2v) is 9.10. The van der Waals surface area contributed by atoms with Gasteiger partial charge in [-0.1, -0.05) is 41.4 Å². The van der Waals surface area contributed by atoms with E-state index < -0.39 is 28.1 Å². The molecule has 0 aromatic heterocycles. The molecule has 0 saturated carbocycles. The minimum Gasteiger partial charge on any atom is -0.359 e. The Hall–Kier alpha value is -2.46. The lowest BCUT2D eigenvalue weighted by molar-refractivity contribution is -0.139. The van der Waals surface area contributed by atoms with Gasteiger partial charge in [-0.2, -0.15) is 4.31 Å². The molecule has 0 spiro atoms. The Labute approximate surface area is 180 Å². The van der Waals surface area contributed by atoms with Crippen molar-refractivity contribution in [3.8, 4) is 0 Å². The van der Waals surface area contributed by atoms with Crippen LogP contribution in [0.25, 0.3) is 0 Å². The van der Waals surface area contributed by atoms with E-state index in [1.54, 1.807) is 0 Å². The summed E-state index contributed by atoms with van der Waals surface area (Å²) in [6, 6.07) is 13.3. The number of carbonyl (C=O) groups excluding carboxylic acids is 2. The lowest BCUT2D eigenvalue weighted by Crippen LogP contribution is -2.47. The maximum absolute atomic E-state index is 12.8. The Morgan fingerprint density at radius 1 is 1.07 bits per heavy atom. The Morgan fingerprint density at radius 3 is 2.37 bits per heavy atom. The molecule has 1 atom stereocenters. The molecule has 0 aliphatic carbocycles. The number of sulfonamides is 1. The highest BCUT2D eigenvalue weighted by atomic mass is 35.5. The third kappa shape index (κ3) is 5.37. The predicted octanol–water partition coefficient (Wildman–Crippen LogP) is 1.43. The summed E-state index contributed by atoms with van der Waals surface area (Å²) in [7, 11) is -3.82. The van der Waals surface area contributed by atoms with Crippen molar-refractivity contribution in [2.75, 3.05) is 19.7 Å². The largest absolute Gasteiger partial charge is 0.359 e. The second kappa shape index (κ2) is 9.57. The normalized spacial score (nSPS) is 16.9. The summed E-state index contributed by atoms with van der Waals surface area (Å²) in [6.45, 7) is 2.35. The summed E-state index contributed by atoms with van der Waals surface area (Å²) in [5.74, 6) is -1.66. The van der Waals surface area contributed by atoms with Gasteiger partial charge in [-0.3, -0.25) is 9.59 Å². The van der Waals surface area contributed by atoms with Gasteiger partial charge >= 0.3 is 11.8 Å². The smallest absolute Gasteiger partial charge is 0.309 e. The van der Waals surface area contributed by atoms with Crippen LogP contribution in [-0.4, -0.2) is 50.5 Å². The van der Waals surface area contributed by atoms with E-state index in [4.69, 9.17) is 16.3 Å². The molecule has 0 radical (unpaired) electrons. The van der Waals surface area contributed by atoms with Gasteiger partial charge in [0, 0.05) is 18.1 Å². The van der Waals surface area contributed by atoms with E-state index >= 15 is 0 Å². The molecule has 1 aliphatic heterocycles. The van der Waals surface area contributed by atoms with Crippen LogP contribution in [0.2, 0.25) is 5.02 Å². The van der Waals surface area contributed by atoms with Crippen molar-refractivity contribution in [3.63, 3.8) is 0 Å². The topological polar surface area (TPSA) is 105 Å². The summed E-state index contributed by atoms with van der Waals surface area (Å²) < 4.78 is 32.3. The lowest BCUT2D eigenvalue weighted by Gasteiger charge is -2.22. The highest BCUT2D eigenvalue weighted by Crippen LogP contribution is 2.23. The summed E-state index contributed by atoms with van der Waals surface area (Å²) >= 11 is 5.82. The molecule has 2 N–H and O–H groups in total. The molecule has 2 amide bonds. The number of nitrogens with one attached hydrogen (secondary N) is 2. The van der Waals surface area contributed by atoms with Crippen LogP contribution in [0.4, 0.5) is 0 Å². The monoisotopic (exact) mass is 451 g/mol. The van der Waals surface area contributed by atoms with E-state index in [1.807, 2.05) is 31.2 Å². The molecule has 1 aliphatic rings. The third-order valence-electron chi connectivity index (χ3n) is 4.58. The van der Waals surface area contributed by atoms with Crippen LogP contribution in [0, 0.1) is 6.92 Å². The van der Waals surface area contributed by atoms with E-state index in [-0.39, 0.29) is 31.1 Å². The lowest BCUT2D eigenvalue weighted by atomic mass is 10.1. The molecule has 3 rings (SSSR count). The fraction of sp³-hybridized carbons (Fsp3) is 0.300. The molecule has 30 heavy (non-hydrogen) atoms. The van der Waals surface area contributed by atoms with Gasteiger partial charge in [-0.15, -0.1) is 0 Å². The van der Waals surface area contributed by atoms with Gasteiger partial charge in [0.05, 0.1) is 18.0 Å². The first-order valence-corrected chi connectivity index (χ1v) is 11.1. The van der Waals surface area contributed by atoms with Gasteiger partial charge in [0.1, 0.15) is 6.23 Å². The van der Waals surface area contributed by atoms with Crippen molar-refractivity contribution in [1.82, 2.24) is 14.9 Å². The molecule has 1 saturated heterocycles. The molecule has 160 valence electrons. The Kier molecular flexibility index (Phi) is 7.09. The van der Waals surface area contributed by atoms with Crippen LogP contribution >= 0.6 is 11.6 Å². The SMILES string of the molecule is Cc1ccc(CNC(=O)C(=O)NCC2OCCN2S(=O)(=O)c2ccc(Cl)cc2)cc1. The number of hydrogen-bond donors (Lipinski definition) is 2. The number of aryl methyl sites for hydroxylation is 1. The number of carbonyl (C=O) groups is 2. The quantitative estimate of drug-likeness (QED) is 0.646. The maximum Gasteiger partial charge on any atom is 0.309 e. The molecule has 2 aromatic carbocycles. The zero-order valence-corrected chi connectivity index (χ0v) is 17.9. The zero-order chi connectivity index (χ0) is 21.7. The van der Waals surface area contributed by atoms with E-state index in [2.05, 4.69) is 10.6 Å². The molecule has 0 bridgehead atoms. The summed E-state index contributed by atoms with van der Waals surface area (Å²) in [4.78, 5) is 24.2.